The molecule has 124 valence electrons. The van der Waals surface area contributed by atoms with Gasteiger partial charge in [-0.2, -0.15) is 0 Å². The number of sulfonamides is 1. The van der Waals surface area contributed by atoms with Crippen LogP contribution in [0.3, 0.4) is 0 Å². The lowest BCUT2D eigenvalue weighted by molar-refractivity contribution is -0.140. The quantitative estimate of drug-likeness (QED) is 0.785. The molecular formula is C14H15ClN2O4S2. The Morgan fingerprint density at radius 3 is 2.87 bits per heavy atom. The molecule has 2 aromatic rings. The summed E-state index contributed by atoms with van der Waals surface area (Å²) >= 11 is 7.13. The van der Waals surface area contributed by atoms with Gasteiger partial charge in [0.2, 0.25) is 0 Å². The number of anilines is 1. The predicted octanol–water partition coefficient (Wildman–Crippen LogP) is 3.01. The van der Waals surface area contributed by atoms with Crippen molar-refractivity contribution in [3.05, 3.63) is 39.9 Å². The minimum absolute atomic E-state index is 0.113. The lowest BCUT2D eigenvalue weighted by Crippen LogP contribution is -2.14. The fraction of sp³-hybridized carbons (Fsp3) is 0.286. The minimum atomic E-state index is -3.76. The highest BCUT2D eigenvalue weighted by atomic mass is 35.5. The van der Waals surface area contributed by atoms with Crippen LogP contribution in [-0.4, -0.2) is 26.0 Å². The number of benzene rings is 1. The van der Waals surface area contributed by atoms with Gasteiger partial charge in [0, 0.05) is 23.7 Å². The van der Waals surface area contributed by atoms with Crippen LogP contribution < -0.4 is 4.72 Å². The molecular weight excluding hydrogens is 360 g/mol. The molecule has 0 aliphatic heterocycles. The van der Waals surface area contributed by atoms with Gasteiger partial charge in [0.05, 0.1) is 17.2 Å². The van der Waals surface area contributed by atoms with Crippen LogP contribution in [0.2, 0.25) is 5.02 Å². The van der Waals surface area contributed by atoms with E-state index in [1.165, 1.54) is 24.3 Å². The molecule has 1 N–H and O–H groups in total. The maximum Gasteiger partial charge on any atom is 0.302 e. The standard InChI is InChI=1S/C14H15ClN2O4S2/c1-9-12(15)4-3-5-13(9)23(19,20)17-14-16-11(8-22-14)6-7-21-10(2)18/h3-5,8H,6-7H2,1-2H3,(H,16,17). The molecule has 0 bridgehead atoms. The number of thiazole rings is 1. The number of hydrogen-bond donors (Lipinski definition) is 1. The molecule has 0 atom stereocenters. The number of ether oxygens (including phenoxy) is 1. The van der Waals surface area contributed by atoms with Gasteiger partial charge >= 0.3 is 5.97 Å². The third kappa shape index (κ3) is 4.66. The van der Waals surface area contributed by atoms with E-state index in [0.717, 1.165) is 0 Å². The summed E-state index contributed by atoms with van der Waals surface area (Å²) in [5.41, 5.74) is 1.13. The van der Waals surface area contributed by atoms with Crippen molar-refractivity contribution in [2.45, 2.75) is 25.2 Å². The second kappa shape index (κ2) is 7.29. The van der Waals surface area contributed by atoms with E-state index in [9.17, 15) is 13.2 Å². The highest BCUT2D eigenvalue weighted by molar-refractivity contribution is 7.93. The number of hydrogen-bond acceptors (Lipinski definition) is 6. The number of nitrogens with one attached hydrogen (secondary N) is 1. The van der Waals surface area contributed by atoms with Crippen LogP contribution in [0.5, 0.6) is 0 Å². The Morgan fingerprint density at radius 1 is 1.43 bits per heavy atom. The molecule has 0 unspecified atom stereocenters. The average Bonchev–Trinajstić information content (AvgIpc) is 2.88. The van der Waals surface area contributed by atoms with Crippen LogP contribution in [0, 0.1) is 6.92 Å². The van der Waals surface area contributed by atoms with Crippen molar-refractivity contribution in [1.29, 1.82) is 0 Å². The third-order valence-electron chi connectivity index (χ3n) is 2.94. The Morgan fingerprint density at radius 2 is 2.17 bits per heavy atom. The molecule has 0 aliphatic carbocycles. The minimum Gasteiger partial charge on any atom is -0.465 e. The molecule has 0 fully saturated rings. The topological polar surface area (TPSA) is 85.4 Å². The normalized spacial score (nSPS) is 11.3. The first-order valence-electron chi connectivity index (χ1n) is 6.65. The number of nitrogens with zero attached hydrogens (tertiary/aromatic N) is 1. The smallest absolute Gasteiger partial charge is 0.302 e. The van der Waals surface area contributed by atoms with Crippen molar-refractivity contribution >= 4 is 44.1 Å². The van der Waals surface area contributed by atoms with Crippen LogP contribution in [0.15, 0.2) is 28.5 Å². The Bertz CT molecular complexity index is 818. The summed E-state index contributed by atoms with van der Waals surface area (Å²) in [5.74, 6) is -0.363. The number of carbonyl (C=O) groups is 1. The first-order valence-corrected chi connectivity index (χ1v) is 9.39. The van der Waals surface area contributed by atoms with E-state index in [2.05, 4.69) is 9.71 Å². The van der Waals surface area contributed by atoms with Gasteiger partial charge < -0.3 is 4.74 Å². The van der Waals surface area contributed by atoms with Gasteiger partial charge in [0.1, 0.15) is 0 Å². The molecule has 0 saturated heterocycles. The van der Waals surface area contributed by atoms with E-state index < -0.39 is 10.0 Å². The molecule has 23 heavy (non-hydrogen) atoms. The van der Waals surface area contributed by atoms with Crippen molar-refractivity contribution in [3.8, 4) is 0 Å². The summed E-state index contributed by atoms with van der Waals surface area (Å²) in [6.45, 7) is 3.18. The molecule has 0 saturated carbocycles. The molecule has 0 radical (unpaired) electrons. The molecule has 0 amide bonds. The number of rotatable bonds is 6. The molecule has 2 rings (SSSR count). The Labute approximate surface area is 143 Å². The molecule has 1 heterocycles. The van der Waals surface area contributed by atoms with E-state index in [0.29, 0.717) is 22.7 Å². The van der Waals surface area contributed by atoms with E-state index in [-0.39, 0.29) is 22.6 Å². The van der Waals surface area contributed by atoms with Gasteiger partial charge in [-0.05, 0) is 24.6 Å². The van der Waals surface area contributed by atoms with Crippen molar-refractivity contribution in [2.24, 2.45) is 0 Å². The molecule has 1 aromatic carbocycles. The number of carbonyl (C=O) groups excluding carboxylic acids is 1. The van der Waals surface area contributed by atoms with Gasteiger partial charge in [-0.25, -0.2) is 13.4 Å². The second-order valence-electron chi connectivity index (χ2n) is 4.70. The highest BCUT2D eigenvalue weighted by Gasteiger charge is 2.19. The van der Waals surface area contributed by atoms with E-state index in [1.807, 2.05) is 0 Å². The SMILES string of the molecule is CC(=O)OCCc1csc(NS(=O)(=O)c2cccc(Cl)c2C)n1. The van der Waals surface area contributed by atoms with Crippen LogP contribution in [-0.2, 0) is 26.0 Å². The monoisotopic (exact) mass is 374 g/mol. The van der Waals surface area contributed by atoms with Gasteiger partial charge in [-0.3, -0.25) is 9.52 Å². The van der Waals surface area contributed by atoms with Crippen LogP contribution in [0.4, 0.5) is 5.13 Å². The summed E-state index contributed by atoms with van der Waals surface area (Å²) in [6.07, 6.45) is 0.425. The van der Waals surface area contributed by atoms with Crippen molar-refractivity contribution in [3.63, 3.8) is 0 Å². The van der Waals surface area contributed by atoms with E-state index in [1.54, 1.807) is 24.4 Å². The molecule has 6 nitrogen and oxygen atoms in total. The lowest BCUT2D eigenvalue weighted by atomic mass is 10.2. The maximum atomic E-state index is 12.4. The largest absolute Gasteiger partial charge is 0.465 e. The van der Waals surface area contributed by atoms with E-state index >= 15 is 0 Å². The second-order valence-corrected chi connectivity index (χ2v) is 7.62. The summed E-state index contributed by atoms with van der Waals surface area (Å²) in [7, 11) is -3.76. The first kappa shape index (κ1) is 17.7. The van der Waals surface area contributed by atoms with Crippen molar-refractivity contribution in [2.75, 3.05) is 11.3 Å². The summed E-state index contributed by atoms with van der Waals surface area (Å²) in [4.78, 5) is 15.0. The highest BCUT2D eigenvalue weighted by Crippen LogP contribution is 2.26. The van der Waals surface area contributed by atoms with Gasteiger partial charge in [-0.15, -0.1) is 11.3 Å². The summed E-state index contributed by atoms with van der Waals surface area (Å²) in [5, 5.41) is 2.35. The predicted molar refractivity (Wildman–Crippen MR) is 89.4 cm³/mol. The lowest BCUT2D eigenvalue weighted by Gasteiger charge is -2.09. The number of esters is 1. The summed E-state index contributed by atoms with van der Waals surface area (Å²) in [6, 6.07) is 4.70. The van der Waals surface area contributed by atoms with Gasteiger partial charge in [-0.1, -0.05) is 17.7 Å². The zero-order valence-corrected chi connectivity index (χ0v) is 14.9. The van der Waals surface area contributed by atoms with Crippen molar-refractivity contribution in [1.82, 2.24) is 4.98 Å². The zero-order valence-electron chi connectivity index (χ0n) is 12.5. The fourth-order valence-electron chi connectivity index (χ4n) is 1.82. The van der Waals surface area contributed by atoms with Crippen LogP contribution in [0.1, 0.15) is 18.2 Å². The first-order chi connectivity index (χ1) is 10.8. The molecule has 1 aromatic heterocycles. The Hall–Kier alpha value is -1.64. The van der Waals surface area contributed by atoms with E-state index in [4.69, 9.17) is 16.3 Å². The average molecular weight is 375 g/mol. The fourth-order valence-corrected chi connectivity index (χ4v) is 4.31. The Kier molecular flexibility index (Phi) is 5.61. The molecule has 0 aliphatic rings. The zero-order chi connectivity index (χ0) is 17.0. The van der Waals surface area contributed by atoms with Gasteiger partial charge in [0.15, 0.2) is 5.13 Å². The molecule has 9 heteroatoms. The molecule has 0 spiro atoms. The van der Waals surface area contributed by atoms with Crippen LogP contribution >= 0.6 is 22.9 Å². The number of halogens is 1. The Balaban J connectivity index is 2.11. The maximum absolute atomic E-state index is 12.4. The van der Waals surface area contributed by atoms with Crippen LogP contribution in [0.25, 0.3) is 0 Å². The number of aromatic nitrogens is 1. The summed E-state index contributed by atoms with van der Waals surface area (Å²) < 4.78 is 32.1. The third-order valence-corrected chi connectivity index (χ3v) is 5.77. The van der Waals surface area contributed by atoms with Crippen molar-refractivity contribution < 1.29 is 17.9 Å². The van der Waals surface area contributed by atoms with Gasteiger partial charge in [0.25, 0.3) is 10.0 Å².